The zero-order chi connectivity index (χ0) is 21.6. The van der Waals surface area contributed by atoms with Gasteiger partial charge in [-0.05, 0) is 18.7 Å². The highest BCUT2D eigenvalue weighted by Gasteiger charge is 2.21. The number of amides is 1. The molecule has 1 aromatic heterocycles. The van der Waals surface area contributed by atoms with Crippen LogP contribution in [0.3, 0.4) is 0 Å². The molecule has 5 nitrogen and oxygen atoms in total. The minimum Gasteiger partial charge on any atom is -0.348 e. The lowest BCUT2D eigenvalue weighted by molar-refractivity contribution is -0.121. The predicted molar refractivity (Wildman–Crippen MR) is 128 cm³/mol. The average Bonchev–Trinajstić information content (AvgIpc) is 3.24. The molecule has 2 aromatic carbocycles. The molecular formula is C24H27ClN4OS. The molecule has 31 heavy (non-hydrogen) atoms. The lowest BCUT2D eigenvalue weighted by Gasteiger charge is -2.35. The number of rotatable bonds is 7. The number of aromatic nitrogens is 1. The Balaban J connectivity index is 1.42. The summed E-state index contributed by atoms with van der Waals surface area (Å²) >= 11 is 7.81. The van der Waals surface area contributed by atoms with Gasteiger partial charge in [0.15, 0.2) is 0 Å². The Morgan fingerprint density at radius 1 is 1.10 bits per heavy atom. The predicted octanol–water partition coefficient (Wildman–Crippen LogP) is 4.11. The quantitative estimate of drug-likeness (QED) is 0.583. The van der Waals surface area contributed by atoms with Crippen molar-refractivity contribution in [1.29, 1.82) is 0 Å². The summed E-state index contributed by atoms with van der Waals surface area (Å²) in [4.78, 5) is 22.3. The molecule has 1 fully saturated rings. The number of likely N-dealkylation sites (N-methyl/N-ethyl adjacent to an activating group) is 1. The van der Waals surface area contributed by atoms with Crippen LogP contribution in [0.5, 0.6) is 0 Å². The second-order valence-electron chi connectivity index (χ2n) is 7.94. The van der Waals surface area contributed by atoms with E-state index in [1.165, 1.54) is 11.3 Å². The van der Waals surface area contributed by atoms with E-state index < -0.39 is 0 Å². The lowest BCUT2D eigenvalue weighted by atomic mass is 10.1. The van der Waals surface area contributed by atoms with Crippen molar-refractivity contribution < 1.29 is 4.79 Å². The number of hydrogen-bond donors (Lipinski definition) is 1. The molecule has 1 saturated heterocycles. The highest BCUT2D eigenvalue weighted by molar-refractivity contribution is 7.13. The maximum atomic E-state index is 12.9. The van der Waals surface area contributed by atoms with Crippen molar-refractivity contribution in [2.24, 2.45) is 0 Å². The van der Waals surface area contributed by atoms with Gasteiger partial charge in [-0.25, -0.2) is 4.98 Å². The van der Waals surface area contributed by atoms with E-state index in [0.29, 0.717) is 5.02 Å². The molecule has 1 N–H and O–H groups in total. The van der Waals surface area contributed by atoms with Gasteiger partial charge in [0.2, 0.25) is 5.91 Å². The monoisotopic (exact) mass is 454 g/mol. The average molecular weight is 455 g/mol. The highest BCUT2D eigenvalue weighted by Crippen LogP contribution is 2.30. The van der Waals surface area contributed by atoms with Gasteiger partial charge >= 0.3 is 0 Å². The Morgan fingerprint density at radius 3 is 2.55 bits per heavy atom. The summed E-state index contributed by atoms with van der Waals surface area (Å²) in [5.74, 6) is -0.0148. The van der Waals surface area contributed by atoms with Crippen LogP contribution in [-0.4, -0.2) is 60.5 Å². The summed E-state index contributed by atoms with van der Waals surface area (Å²) in [5, 5.41) is 6.69. The summed E-state index contributed by atoms with van der Waals surface area (Å²) < 4.78 is 0. The molecule has 1 aliphatic heterocycles. The first-order chi connectivity index (χ1) is 15.1. The molecule has 0 spiro atoms. The van der Waals surface area contributed by atoms with E-state index in [1.54, 1.807) is 0 Å². The number of carbonyl (C=O) groups is 1. The van der Waals surface area contributed by atoms with E-state index in [0.717, 1.165) is 54.6 Å². The SMILES string of the molecule is CN1CCN(CC(NC(=O)Cc2csc(-c3ccccc3Cl)n2)c2ccccc2)CC1. The van der Waals surface area contributed by atoms with E-state index in [2.05, 4.69) is 39.3 Å². The third-order valence-corrected chi connectivity index (χ3v) is 6.83. The van der Waals surface area contributed by atoms with Gasteiger partial charge in [-0.2, -0.15) is 0 Å². The van der Waals surface area contributed by atoms with Crippen LogP contribution in [0, 0.1) is 0 Å². The molecule has 0 radical (unpaired) electrons. The largest absolute Gasteiger partial charge is 0.348 e. The first-order valence-electron chi connectivity index (χ1n) is 10.5. The van der Waals surface area contributed by atoms with Gasteiger partial charge < -0.3 is 10.2 Å². The zero-order valence-electron chi connectivity index (χ0n) is 17.6. The number of hydrogen-bond acceptors (Lipinski definition) is 5. The molecule has 0 saturated carbocycles. The van der Waals surface area contributed by atoms with Crippen molar-refractivity contribution in [3.63, 3.8) is 0 Å². The van der Waals surface area contributed by atoms with Crippen molar-refractivity contribution in [3.8, 4) is 10.6 Å². The molecule has 1 atom stereocenters. The number of piperazine rings is 1. The molecule has 1 unspecified atom stereocenters. The number of benzene rings is 2. The zero-order valence-corrected chi connectivity index (χ0v) is 19.2. The standard InChI is InChI=1S/C24H27ClN4OS/c1-28-11-13-29(14-12-28)16-22(18-7-3-2-4-8-18)27-23(30)15-19-17-31-24(26-19)20-9-5-6-10-21(20)25/h2-10,17,22H,11-16H2,1H3,(H,27,30). The van der Waals surface area contributed by atoms with Crippen LogP contribution in [0.15, 0.2) is 60.0 Å². The molecule has 162 valence electrons. The second-order valence-corrected chi connectivity index (χ2v) is 9.20. The summed E-state index contributed by atoms with van der Waals surface area (Å²) in [6, 6.07) is 17.8. The second kappa shape index (κ2) is 10.4. The van der Waals surface area contributed by atoms with Crippen molar-refractivity contribution >= 4 is 28.8 Å². The number of nitrogens with zero attached hydrogens (tertiary/aromatic N) is 3. The van der Waals surface area contributed by atoms with Crippen LogP contribution in [-0.2, 0) is 11.2 Å². The molecule has 3 aromatic rings. The van der Waals surface area contributed by atoms with Crippen LogP contribution in [0.25, 0.3) is 10.6 Å². The number of thiazole rings is 1. The Hall–Kier alpha value is -2.25. The number of nitrogens with one attached hydrogen (secondary N) is 1. The van der Waals surface area contributed by atoms with Crippen LogP contribution in [0.1, 0.15) is 17.3 Å². The first kappa shape index (κ1) is 22.0. The van der Waals surface area contributed by atoms with Crippen LogP contribution in [0.2, 0.25) is 5.02 Å². The Labute approximate surface area is 192 Å². The Morgan fingerprint density at radius 2 is 1.81 bits per heavy atom. The fourth-order valence-electron chi connectivity index (χ4n) is 3.76. The minimum atomic E-state index is -0.0428. The van der Waals surface area contributed by atoms with Gasteiger partial charge in [-0.1, -0.05) is 60.1 Å². The Kier molecular flexibility index (Phi) is 7.35. The van der Waals surface area contributed by atoms with Gasteiger partial charge in [0.05, 0.1) is 23.2 Å². The highest BCUT2D eigenvalue weighted by atomic mass is 35.5. The Bertz CT molecular complexity index is 1000. The van der Waals surface area contributed by atoms with E-state index in [4.69, 9.17) is 11.6 Å². The summed E-state index contributed by atoms with van der Waals surface area (Å²) in [6.07, 6.45) is 0.257. The van der Waals surface area contributed by atoms with E-state index in [1.807, 2.05) is 47.8 Å². The maximum Gasteiger partial charge on any atom is 0.226 e. The van der Waals surface area contributed by atoms with E-state index in [-0.39, 0.29) is 18.4 Å². The van der Waals surface area contributed by atoms with Gasteiger partial charge in [0, 0.05) is 43.7 Å². The fraction of sp³-hybridized carbons (Fsp3) is 0.333. The summed E-state index contributed by atoms with van der Waals surface area (Å²) in [7, 11) is 2.15. The summed E-state index contributed by atoms with van der Waals surface area (Å²) in [5.41, 5.74) is 2.80. The third kappa shape index (κ3) is 5.92. The molecule has 7 heteroatoms. The number of halogens is 1. The molecular weight excluding hydrogens is 428 g/mol. The number of carbonyl (C=O) groups excluding carboxylic acids is 1. The van der Waals surface area contributed by atoms with Crippen LogP contribution in [0.4, 0.5) is 0 Å². The van der Waals surface area contributed by atoms with Gasteiger partial charge in [0.25, 0.3) is 0 Å². The van der Waals surface area contributed by atoms with E-state index >= 15 is 0 Å². The summed E-state index contributed by atoms with van der Waals surface area (Å²) in [6.45, 7) is 4.95. The smallest absolute Gasteiger partial charge is 0.226 e. The van der Waals surface area contributed by atoms with Crippen molar-refractivity contribution in [2.75, 3.05) is 39.8 Å². The van der Waals surface area contributed by atoms with Crippen molar-refractivity contribution in [3.05, 3.63) is 76.3 Å². The first-order valence-corrected chi connectivity index (χ1v) is 11.8. The molecule has 4 rings (SSSR count). The topological polar surface area (TPSA) is 48.5 Å². The van der Waals surface area contributed by atoms with E-state index in [9.17, 15) is 4.79 Å². The molecule has 0 bridgehead atoms. The minimum absolute atomic E-state index is 0.0148. The lowest BCUT2D eigenvalue weighted by Crippen LogP contribution is -2.48. The normalized spacial score (nSPS) is 16.2. The van der Waals surface area contributed by atoms with Crippen molar-refractivity contribution in [2.45, 2.75) is 12.5 Å². The molecule has 0 aliphatic carbocycles. The molecule has 1 amide bonds. The van der Waals surface area contributed by atoms with Gasteiger partial charge in [0.1, 0.15) is 5.01 Å². The van der Waals surface area contributed by atoms with Gasteiger partial charge in [-0.15, -0.1) is 11.3 Å². The van der Waals surface area contributed by atoms with Gasteiger partial charge in [-0.3, -0.25) is 9.69 Å². The molecule has 1 aliphatic rings. The van der Waals surface area contributed by atoms with Crippen molar-refractivity contribution in [1.82, 2.24) is 20.1 Å². The maximum absolute atomic E-state index is 12.9. The van der Waals surface area contributed by atoms with Crippen LogP contribution >= 0.6 is 22.9 Å². The fourth-order valence-corrected chi connectivity index (χ4v) is 4.90. The third-order valence-electron chi connectivity index (χ3n) is 5.57. The molecule has 2 heterocycles. The van der Waals surface area contributed by atoms with Crippen LogP contribution < -0.4 is 5.32 Å².